The lowest BCUT2D eigenvalue weighted by molar-refractivity contribution is -0.907. The van der Waals surface area contributed by atoms with Gasteiger partial charge in [-0.2, -0.15) is 0 Å². The fraction of sp³-hybridized carbons (Fsp3) is 0.316. The van der Waals surface area contributed by atoms with Crippen molar-refractivity contribution in [3.05, 3.63) is 45.3 Å². The standard InChI is InChI=1S/C19H22N4O3S2/c1-4-26-19(25)15-11(16(18(24)21-2)28-17(15)20)9-23(3)10-14-22-12-7-5-6-8-13(12)27-14/h5-8H,4,9-10,20H2,1-3H3,(H,21,24)/p+1. The number of para-hydroxylation sites is 1. The van der Waals surface area contributed by atoms with Crippen LogP contribution in [0.4, 0.5) is 5.00 Å². The minimum Gasteiger partial charge on any atom is -0.462 e. The summed E-state index contributed by atoms with van der Waals surface area (Å²) in [7, 11) is 3.56. The van der Waals surface area contributed by atoms with Gasteiger partial charge in [0.1, 0.15) is 33.5 Å². The van der Waals surface area contributed by atoms with Crippen molar-refractivity contribution in [1.82, 2.24) is 10.3 Å². The van der Waals surface area contributed by atoms with Crippen molar-refractivity contribution in [2.45, 2.75) is 20.0 Å². The first kappa shape index (κ1) is 20.2. The van der Waals surface area contributed by atoms with Crippen LogP contribution in [0.5, 0.6) is 0 Å². The van der Waals surface area contributed by atoms with Crippen LogP contribution in [0.3, 0.4) is 0 Å². The molecule has 0 bridgehead atoms. The number of thiazole rings is 1. The number of rotatable bonds is 7. The quantitative estimate of drug-likeness (QED) is 0.506. The second-order valence-electron chi connectivity index (χ2n) is 6.33. The van der Waals surface area contributed by atoms with Gasteiger partial charge in [-0.05, 0) is 19.1 Å². The highest BCUT2D eigenvalue weighted by molar-refractivity contribution is 7.18. The van der Waals surface area contributed by atoms with E-state index in [1.807, 2.05) is 31.3 Å². The van der Waals surface area contributed by atoms with E-state index >= 15 is 0 Å². The van der Waals surface area contributed by atoms with Crippen LogP contribution in [-0.4, -0.2) is 37.6 Å². The number of nitrogen functional groups attached to an aromatic ring is 1. The van der Waals surface area contributed by atoms with Crippen molar-refractivity contribution in [3.8, 4) is 0 Å². The zero-order valence-corrected chi connectivity index (χ0v) is 17.6. The van der Waals surface area contributed by atoms with Crippen LogP contribution in [0.1, 0.15) is 37.5 Å². The van der Waals surface area contributed by atoms with Crippen molar-refractivity contribution in [2.24, 2.45) is 0 Å². The first-order chi connectivity index (χ1) is 13.4. The molecule has 148 valence electrons. The van der Waals surface area contributed by atoms with E-state index in [-0.39, 0.29) is 12.5 Å². The van der Waals surface area contributed by atoms with Gasteiger partial charge in [0.25, 0.3) is 5.91 Å². The van der Waals surface area contributed by atoms with Gasteiger partial charge in [0.15, 0.2) is 0 Å². The summed E-state index contributed by atoms with van der Waals surface area (Å²) in [6.07, 6.45) is 0. The Labute approximate surface area is 171 Å². The van der Waals surface area contributed by atoms with Crippen LogP contribution in [0.15, 0.2) is 24.3 Å². The number of carbonyl (C=O) groups excluding carboxylic acids is 2. The van der Waals surface area contributed by atoms with Crippen molar-refractivity contribution >= 4 is 49.8 Å². The molecule has 9 heteroatoms. The summed E-state index contributed by atoms with van der Waals surface area (Å²) in [5.74, 6) is -0.746. The Balaban J connectivity index is 1.88. The van der Waals surface area contributed by atoms with Crippen molar-refractivity contribution in [2.75, 3.05) is 26.4 Å². The molecule has 0 radical (unpaired) electrons. The third-order valence-electron chi connectivity index (χ3n) is 4.22. The van der Waals surface area contributed by atoms with Crippen molar-refractivity contribution < 1.29 is 19.2 Å². The summed E-state index contributed by atoms with van der Waals surface area (Å²) in [5, 5.41) is 3.92. The van der Waals surface area contributed by atoms with Gasteiger partial charge < -0.3 is 20.7 Å². The van der Waals surface area contributed by atoms with E-state index in [2.05, 4.69) is 10.3 Å². The highest BCUT2D eigenvalue weighted by atomic mass is 32.1. The third-order valence-corrected chi connectivity index (χ3v) is 6.31. The molecule has 7 nitrogen and oxygen atoms in total. The first-order valence-corrected chi connectivity index (χ1v) is 10.5. The SMILES string of the molecule is CCOC(=O)c1c(N)sc(C(=O)NC)c1C[NH+](C)Cc1nc2ccccc2s1. The molecule has 0 aliphatic heterocycles. The third kappa shape index (κ3) is 4.16. The number of quaternary nitrogens is 1. The number of esters is 1. The highest BCUT2D eigenvalue weighted by Crippen LogP contribution is 2.31. The number of aromatic nitrogens is 1. The molecule has 28 heavy (non-hydrogen) atoms. The topological polar surface area (TPSA) is 98.8 Å². The number of nitrogens with zero attached hydrogens (tertiary/aromatic N) is 1. The van der Waals surface area contributed by atoms with Gasteiger partial charge in [-0.25, -0.2) is 9.78 Å². The molecule has 0 aliphatic rings. The van der Waals surface area contributed by atoms with Crippen molar-refractivity contribution in [3.63, 3.8) is 0 Å². The Kier molecular flexibility index (Phi) is 6.28. The lowest BCUT2D eigenvalue weighted by atomic mass is 10.1. The Bertz CT molecular complexity index is 979. The van der Waals surface area contributed by atoms with Crippen LogP contribution in [-0.2, 0) is 17.8 Å². The normalized spacial score (nSPS) is 12.1. The van der Waals surface area contributed by atoms with E-state index in [1.165, 1.54) is 0 Å². The molecule has 0 spiro atoms. The van der Waals surface area contributed by atoms with E-state index < -0.39 is 5.97 Å². The number of amides is 1. The molecule has 0 saturated carbocycles. The molecular weight excluding hydrogens is 396 g/mol. The van der Waals surface area contributed by atoms with E-state index in [1.54, 1.807) is 25.3 Å². The van der Waals surface area contributed by atoms with E-state index in [9.17, 15) is 9.59 Å². The van der Waals surface area contributed by atoms with Crippen molar-refractivity contribution in [1.29, 1.82) is 0 Å². The molecule has 0 aliphatic carbocycles. The number of anilines is 1. The summed E-state index contributed by atoms with van der Waals surface area (Å²) in [6, 6.07) is 8.01. The maximum atomic E-state index is 12.4. The number of nitrogens with two attached hydrogens (primary N) is 1. The molecule has 3 rings (SSSR count). The van der Waals surface area contributed by atoms with Crippen LogP contribution in [0.25, 0.3) is 10.2 Å². The summed E-state index contributed by atoms with van der Waals surface area (Å²) in [6.45, 7) is 3.12. The van der Waals surface area contributed by atoms with E-state index in [0.717, 1.165) is 31.5 Å². The van der Waals surface area contributed by atoms with E-state index in [4.69, 9.17) is 10.5 Å². The van der Waals surface area contributed by atoms with Crippen LogP contribution < -0.4 is 16.0 Å². The Hall–Kier alpha value is -2.49. The molecule has 0 saturated heterocycles. The molecule has 1 aromatic carbocycles. The zero-order valence-electron chi connectivity index (χ0n) is 16.0. The molecule has 2 heterocycles. The van der Waals surface area contributed by atoms with Crippen LogP contribution in [0.2, 0.25) is 0 Å². The number of hydrogen-bond acceptors (Lipinski definition) is 7. The number of nitrogens with one attached hydrogen (secondary N) is 2. The van der Waals surface area contributed by atoms with Gasteiger partial charge in [-0.3, -0.25) is 4.79 Å². The molecule has 4 N–H and O–H groups in total. The van der Waals surface area contributed by atoms with Gasteiger partial charge in [0, 0.05) is 12.6 Å². The minimum atomic E-state index is -0.491. The summed E-state index contributed by atoms with van der Waals surface area (Å²) < 4.78 is 6.29. The van der Waals surface area contributed by atoms with E-state index in [0.29, 0.717) is 34.1 Å². The number of thiophene rings is 1. The molecule has 1 amide bonds. The number of carbonyl (C=O) groups is 2. The summed E-state index contributed by atoms with van der Waals surface area (Å²) in [5.41, 5.74) is 7.97. The zero-order chi connectivity index (χ0) is 20.3. The minimum absolute atomic E-state index is 0.247. The molecule has 1 atom stereocenters. The molecule has 3 aromatic rings. The molecule has 2 aromatic heterocycles. The summed E-state index contributed by atoms with van der Waals surface area (Å²) in [4.78, 5) is 30.9. The number of benzene rings is 1. The second kappa shape index (κ2) is 8.68. The highest BCUT2D eigenvalue weighted by Gasteiger charge is 2.28. The first-order valence-electron chi connectivity index (χ1n) is 8.90. The Morgan fingerprint density at radius 3 is 2.68 bits per heavy atom. The lowest BCUT2D eigenvalue weighted by Crippen LogP contribution is -3.06. The predicted molar refractivity (Wildman–Crippen MR) is 112 cm³/mol. The number of fused-ring (bicyclic) bond motifs is 1. The van der Waals surface area contributed by atoms with Gasteiger partial charge in [0.05, 0.1) is 23.9 Å². The number of ether oxygens (including phenoxy) is 1. The number of hydrogen-bond donors (Lipinski definition) is 3. The molecular formula is C19H23N4O3S2+. The van der Waals surface area contributed by atoms with Crippen LogP contribution >= 0.6 is 22.7 Å². The average Bonchev–Trinajstić information content (AvgIpc) is 3.21. The lowest BCUT2D eigenvalue weighted by Gasteiger charge is -2.14. The monoisotopic (exact) mass is 419 g/mol. The van der Waals surface area contributed by atoms with Gasteiger partial charge in [0.2, 0.25) is 0 Å². The Morgan fingerprint density at radius 2 is 2.00 bits per heavy atom. The largest absolute Gasteiger partial charge is 0.462 e. The molecule has 1 unspecified atom stereocenters. The molecule has 0 fully saturated rings. The fourth-order valence-electron chi connectivity index (χ4n) is 3.00. The average molecular weight is 420 g/mol. The van der Waals surface area contributed by atoms with Gasteiger partial charge >= 0.3 is 5.97 Å². The summed E-state index contributed by atoms with van der Waals surface area (Å²) >= 11 is 2.77. The maximum Gasteiger partial charge on any atom is 0.341 e. The van der Waals surface area contributed by atoms with Gasteiger partial charge in [-0.15, -0.1) is 22.7 Å². The smallest absolute Gasteiger partial charge is 0.341 e. The second-order valence-corrected chi connectivity index (χ2v) is 8.50. The van der Waals surface area contributed by atoms with Crippen LogP contribution in [0, 0.1) is 0 Å². The maximum absolute atomic E-state index is 12.4. The predicted octanol–water partition coefficient (Wildman–Crippen LogP) is 1.69. The fourth-order valence-corrected chi connectivity index (χ4v) is 5.10. The Morgan fingerprint density at radius 1 is 1.25 bits per heavy atom. The van der Waals surface area contributed by atoms with Gasteiger partial charge in [-0.1, -0.05) is 12.1 Å².